The molecule has 0 heterocycles. The highest BCUT2D eigenvalue weighted by Gasteiger charge is 2.28. The zero-order chi connectivity index (χ0) is 54.5. The van der Waals surface area contributed by atoms with Crippen LogP contribution in [0.3, 0.4) is 0 Å². The molecule has 0 aromatic carbocycles. The fraction of sp³-hybridized carbons (Fsp3) is 0.579. The van der Waals surface area contributed by atoms with E-state index in [9.17, 15) is 43.8 Å². The molecule has 0 fully saturated rings. The molecule has 0 aliphatic carbocycles. The van der Waals surface area contributed by atoms with E-state index in [0.717, 1.165) is 89.9 Å². The minimum atomic E-state index is -4.82. The molecule has 0 spiro atoms. The molecule has 0 saturated carbocycles. The number of allylic oxidation sites excluding steroid dienone is 21. The topological polar surface area (TPSA) is 225 Å². The van der Waals surface area contributed by atoms with Crippen molar-refractivity contribution in [2.24, 2.45) is 0 Å². The zero-order valence-corrected chi connectivity index (χ0v) is 46.2. The molecular weight excluding hydrogens is 987 g/mol. The highest BCUT2D eigenvalue weighted by molar-refractivity contribution is 7.47. The summed E-state index contributed by atoms with van der Waals surface area (Å²) in [5, 5.41) is 30.1. The Morgan fingerprint density at radius 3 is 1.05 bits per heavy atom. The van der Waals surface area contributed by atoms with Crippen LogP contribution in [-0.2, 0) is 46.3 Å². The van der Waals surface area contributed by atoms with Crippen molar-refractivity contribution in [3.8, 4) is 0 Å². The molecule has 0 bridgehead atoms. The maximum absolute atomic E-state index is 12.2. The van der Waals surface area contributed by atoms with Gasteiger partial charge in [0.15, 0.2) is 0 Å². The first-order valence-corrected chi connectivity index (χ1v) is 29.5. The molecule has 5 unspecified atom stereocenters. The molecule has 74 heavy (non-hydrogen) atoms. The van der Waals surface area contributed by atoms with E-state index >= 15 is 0 Å². The average molecular weight is 1080 g/mol. The minimum Gasteiger partial charge on any atom is -0.463 e. The Kier molecular flexibility index (Phi) is 48.6. The largest absolute Gasteiger partial charge is 0.472 e. The summed E-state index contributed by atoms with van der Waals surface area (Å²) in [6, 6.07) is 0. The zero-order valence-electron chi connectivity index (χ0n) is 44.4. The lowest BCUT2D eigenvalue weighted by molar-refractivity contribution is -0.147. The molecule has 5 N–H and O–H groups in total. The molecule has 0 aliphatic heterocycles. The molecule has 420 valence electrons. The second kappa shape index (κ2) is 51.3. The summed E-state index contributed by atoms with van der Waals surface area (Å²) in [6.45, 7) is 0.111. The van der Waals surface area contributed by atoms with Crippen molar-refractivity contribution in [1.82, 2.24) is 0 Å². The Balaban J connectivity index is 3.99. The summed E-state index contributed by atoms with van der Waals surface area (Å²) in [7, 11) is -9.63. The third-order valence-corrected chi connectivity index (χ3v) is 12.0. The Hall–Kier alpha value is -3.82. The van der Waals surface area contributed by atoms with Gasteiger partial charge in [-0.3, -0.25) is 27.7 Å². The maximum Gasteiger partial charge on any atom is 0.472 e. The second-order valence-electron chi connectivity index (χ2n) is 17.2. The van der Waals surface area contributed by atoms with Crippen LogP contribution in [0.5, 0.6) is 0 Å². The number of hydrogen-bond acceptors (Lipinski definition) is 13. The van der Waals surface area contributed by atoms with E-state index in [4.69, 9.17) is 9.47 Å². The van der Waals surface area contributed by atoms with Crippen LogP contribution in [0.25, 0.3) is 0 Å². The molecule has 0 aromatic rings. The molecule has 0 amide bonds. The maximum atomic E-state index is 12.2. The number of carbonyl (C=O) groups excluding carboxylic acids is 2. The number of hydrogen-bond donors (Lipinski definition) is 5. The van der Waals surface area contributed by atoms with Crippen LogP contribution in [0.4, 0.5) is 0 Å². The number of phosphoric acid groups is 2. The van der Waals surface area contributed by atoms with Gasteiger partial charge in [-0.25, -0.2) is 9.13 Å². The lowest BCUT2D eigenvalue weighted by Crippen LogP contribution is -2.25. The molecule has 0 aromatic heterocycles. The van der Waals surface area contributed by atoms with E-state index in [1.807, 2.05) is 12.2 Å². The quantitative estimate of drug-likeness (QED) is 0.0165. The molecule has 0 saturated heterocycles. The van der Waals surface area contributed by atoms with Crippen molar-refractivity contribution >= 4 is 27.6 Å². The van der Waals surface area contributed by atoms with E-state index in [0.29, 0.717) is 12.8 Å². The molecule has 17 heteroatoms. The van der Waals surface area contributed by atoms with Crippen LogP contribution >= 0.6 is 15.6 Å². The number of carbonyl (C=O) groups is 2. The average Bonchev–Trinajstić information content (AvgIpc) is 3.38. The van der Waals surface area contributed by atoms with Crippen LogP contribution in [0.15, 0.2) is 134 Å². The van der Waals surface area contributed by atoms with Crippen LogP contribution in [0, 0.1) is 0 Å². The first-order valence-electron chi connectivity index (χ1n) is 26.5. The number of rotatable bonds is 49. The standard InChI is InChI=1S/C57H92O15P2/c1-3-5-7-9-11-13-15-17-19-21-23-25-27-29-31-33-35-37-39-41-43-45-56(61)67-47-53(58)49-69-73(63,64)71-51-55(60)52-72-74(65,66)70-50-54(59)48-68-57(62)46-44-42-40-38-36-34-32-30-28-26-24-22-20-18-16-14-12-10-8-6-4-2/h5,7,11-14,17-20,23-26,29-32,35,37,41,43,53-55,58-60H,3-4,6,8-10,15-16,21-22,27-28,33-34,36,38-40,42,44-52H2,1-2H3,(H,63,64)(H,65,66)/b7-5-,13-11-,14-12-,19-17-,20-18-,25-23-,26-24-,31-29-,32-30-,37-35-,43-41-. The predicted octanol–water partition coefficient (Wildman–Crippen LogP) is 13.2. The number of phosphoric ester groups is 2. The van der Waals surface area contributed by atoms with Crippen LogP contribution in [-0.4, -0.2) is 95.0 Å². The van der Waals surface area contributed by atoms with E-state index in [2.05, 4.69) is 141 Å². The first kappa shape index (κ1) is 70.2. The Morgan fingerprint density at radius 2 is 0.676 bits per heavy atom. The number of unbranched alkanes of at least 4 members (excludes halogenated alkanes) is 8. The molecule has 0 rings (SSSR count). The summed E-state index contributed by atoms with van der Waals surface area (Å²) >= 11 is 0. The summed E-state index contributed by atoms with van der Waals surface area (Å²) in [5.41, 5.74) is 0. The third-order valence-electron chi connectivity index (χ3n) is 10.1. The SMILES string of the molecule is CC/C=C\C/C=C\C/C=C\C/C=C\C/C=C\C/C=C\C/C=C\CC(=O)OCC(O)COP(=O)(O)OCC(O)COP(=O)(O)OCC(O)COC(=O)CCCCCCC/C=C\C/C=C\C/C=C\C/C=C\CCCCC. The van der Waals surface area contributed by atoms with Gasteiger partial charge >= 0.3 is 27.6 Å². The van der Waals surface area contributed by atoms with Gasteiger partial charge in [-0.2, -0.15) is 0 Å². The van der Waals surface area contributed by atoms with E-state index in [1.54, 1.807) is 12.2 Å². The first-order chi connectivity index (χ1) is 35.8. The Labute approximate surface area is 444 Å². The number of aliphatic hydroxyl groups excluding tert-OH is 3. The van der Waals surface area contributed by atoms with Crippen molar-refractivity contribution in [3.05, 3.63) is 134 Å². The monoisotopic (exact) mass is 1080 g/mol. The van der Waals surface area contributed by atoms with Gasteiger partial charge in [0.2, 0.25) is 0 Å². The minimum absolute atomic E-state index is 0.0462. The Bertz CT molecular complexity index is 1830. The Morgan fingerprint density at radius 1 is 0.378 bits per heavy atom. The van der Waals surface area contributed by atoms with E-state index in [1.165, 1.54) is 25.7 Å². The van der Waals surface area contributed by atoms with Gasteiger partial charge in [-0.15, -0.1) is 0 Å². The highest BCUT2D eigenvalue weighted by atomic mass is 31.2. The fourth-order valence-corrected chi connectivity index (χ4v) is 7.64. The summed E-state index contributed by atoms with van der Waals surface area (Å²) in [5.74, 6) is -1.15. The van der Waals surface area contributed by atoms with E-state index in [-0.39, 0.29) is 12.8 Å². The fourth-order valence-electron chi connectivity index (χ4n) is 6.04. The smallest absolute Gasteiger partial charge is 0.463 e. The van der Waals surface area contributed by atoms with Gasteiger partial charge in [-0.1, -0.05) is 180 Å². The summed E-state index contributed by atoms with van der Waals surface area (Å²) in [6.07, 6.45) is 61.7. The van der Waals surface area contributed by atoms with Gasteiger partial charge in [0.1, 0.15) is 31.5 Å². The van der Waals surface area contributed by atoms with Crippen LogP contribution in [0.1, 0.15) is 155 Å². The van der Waals surface area contributed by atoms with E-state index < -0.39 is 85.5 Å². The molecule has 15 nitrogen and oxygen atoms in total. The van der Waals surface area contributed by atoms with Crippen molar-refractivity contribution in [1.29, 1.82) is 0 Å². The summed E-state index contributed by atoms with van der Waals surface area (Å²) < 4.78 is 53.0. The van der Waals surface area contributed by atoms with Crippen molar-refractivity contribution in [2.45, 2.75) is 173 Å². The summed E-state index contributed by atoms with van der Waals surface area (Å²) in [4.78, 5) is 43.8. The van der Waals surface area contributed by atoms with Crippen molar-refractivity contribution < 1.29 is 71.4 Å². The number of aliphatic hydroxyl groups is 3. The van der Waals surface area contributed by atoms with Crippen LogP contribution in [0.2, 0.25) is 0 Å². The van der Waals surface area contributed by atoms with Crippen molar-refractivity contribution in [2.75, 3.05) is 39.6 Å². The lowest BCUT2D eigenvalue weighted by Gasteiger charge is -2.19. The highest BCUT2D eigenvalue weighted by Crippen LogP contribution is 2.45. The normalized spacial score (nSPS) is 15.8. The second-order valence-corrected chi connectivity index (χ2v) is 20.1. The molecule has 0 radical (unpaired) electrons. The van der Waals surface area contributed by atoms with Gasteiger partial charge in [0, 0.05) is 6.42 Å². The number of ether oxygens (including phenoxy) is 2. The van der Waals surface area contributed by atoms with Gasteiger partial charge in [0.25, 0.3) is 0 Å². The molecular formula is C57H92O15P2. The van der Waals surface area contributed by atoms with Gasteiger partial charge in [-0.05, 0) is 96.3 Å². The van der Waals surface area contributed by atoms with Crippen molar-refractivity contribution in [3.63, 3.8) is 0 Å². The lowest BCUT2D eigenvalue weighted by atomic mass is 10.1. The third kappa shape index (κ3) is 53.0. The van der Waals surface area contributed by atoms with Gasteiger partial charge in [0.05, 0.1) is 32.8 Å². The van der Waals surface area contributed by atoms with Crippen LogP contribution < -0.4 is 0 Å². The molecule has 0 aliphatic rings. The predicted molar refractivity (Wildman–Crippen MR) is 297 cm³/mol. The van der Waals surface area contributed by atoms with Gasteiger partial charge < -0.3 is 34.6 Å². The molecule has 5 atom stereocenters. The number of esters is 2.